The van der Waals surface area contributed by atoms with Crippen molar-refractivity contribution >= 4 is 11.8 Å². The maximum atomic E-state index is 11.3. The normalized spacial score (nSPS) is 10.9. The molecule has 1 amide bonds. The molecule has 1 rings (SSSR count). The van der Waals surface area contributed by atoms with Crippen LogP contribution >= 0.6 is 0 Å². The van der Waals surface area contributed by atoms with E-state index in [4.69, 9.17) is 4.74 Å². The van der Waals surface area contributed by atoms with Crippen molar-refractivity contribution in [1.82, 2.24) is 0 Å². The average Bonchev–Trinajstić information content (AvgIpc) is 2.05. The molecule has 0 bridgehead atoms. The Hall–Kier alpha value is -1.71. The molecule has 0 fully saturated rings. The zero-order valence-corrected chi connectivity index (χ0v) is 9.03. The van der Waals surface area contributed by atoms with Gasteiger partial charge in [-0.3, -0.25) is 10.4 Å². The van der Waals surface area contributed by atoms with E-state index in [1.807, 2.05) is 0 Å². The van der Waals surface area contributed by atoms with Gasteiger partial charge in [0, 0.05) is 0 Å². The lowest BCUT2D eigenvalue weighted by Gasteiger charge is -2.19. The molecule has 1 aromatic rings. The second kappa shape index (κ2) is 4.21. The molecular weight excluding hydrogens is 194 g/mol. The summed E-state index contributed by atoms with van der Waals surface area (Å²) >= 11 is 0. The Morgan fingerprint density at radius 1 is 1.27 bits per heavy atom. The van der Waals surface area contributed by atoms with Crippen LogP contribution in [0.25, 0.3) is 0 Å². The number of ether oxygens (including phenoxy) is 1. The summed E-state index contributed by atoms with van der Waals surface area (Å²) in [5, 5.41) is 13.6. The predicted molar refractivity (Wildman–Crippen MR) is 56.4 cm³/mol. The summed E-state index contributed by atoms with van der Waals surface area (Å²) in [7, 11) is 0. The van der Waals surface area contributed by atoms with Gasteiger partial charge in [0.15, 0.2) is 0 Å². The highest BCUT2D eigenvalue weighted by molar-refractivity contribution is 5.86. The minimum Gasteiger partial charge on any atom is -0.444 e. The summed E-state index contributed by atoms with van der Waals surface area (Å²) in [6, 6.07) is 6.20. The third-order valence-corrected chi connectivity index (χ3v) is 1.52. The number of benzene rings is 1. The molecule has 0 heterocycles. The van der Waals surface area contributed by atoms with Crippen molar-refractivity contribution in [2.45, 2.75) is 26.4 Å². The van der Waals surface area contributed by atoms with E-state index in [0.717, 1.165) is 0 Å². The molecule has 1 radical (unpaired) electrons. The minimum absolute atomic E-state index is 0.228. The molecule has 0 saturated heterocycles. The molecule has 15 heavy (non-hydrogen) atoms. The summed E-state index contributed by atoms with van der Waals surface area (Å²) in [4.78, 5) is 11.3. The van der Waals surface area contributed by atoms with Gasteiger partial charge in [0.05, 0.1) is 5.69 Å². The topological polar surface area (TPSA) is 58.2 Å². The number of carbonyl (C=O) groups is 1. The summed E-state index contributed by atoms with van der Waals surface area (Å²) in [6.45, 7) is 5.28. The second-order valence-electron chi connectivity index (χ2n) is 4.12. The van der Waals surface area contributed by atoms with Crippen LogP contribution in [-0.2, 0) is 9.84 Å². The summed E-state index contributed by atoms with van der Waals surface area (Å²) in [5.74, 6) is -0.233. The third-order valence-electron chi connectivity index (χ3n) is 1.52. The van der Waals surface area contributed by atoms with Crippen LogP contribution in [-0.4, -0.2) is 11.7 Å². The maximum Gasteiger partial charge on any atom is 0.412 e. The fraction of sp³-hybridized carbons (Fsp3) is 0.364. The van der Waals surface area contributed by atoms with E-state index in [1.54, 1.807) is 32.9 Å². The fourth-order valence-electron chi connectivity index (χ4n) is 0.983. The van der Waals surface area contributed by atoms with Gasteiger partial charge < -0.3 is 4.74 Å². The van der Waals surface area contributed by atoms with Crippen molar-refractivity contribution in [3.8, 4) is 5.75 Å². The fourth-order valence-corrected chi connectivity index (χ4v) is 0.983. The van der Waals surface area contributed by atoms with Gasteiger partial charge in [-0.05, 0) is 32.9 Å². The molecule has 0 aliphatic rings. The standard InChI is InChI=1S/C11H14NO3/c1-11(2,3)15-10(14)12-8-6-4-5-7-9(8)13/h4-7H,1-3H3,(H,12,14). The quantitative estimate of drug-likeness (QED) is 0.770. The van der Waals surface area contributed by atoms with Crippen molar-refractivity contribution in [3.63, 3.8) is 0 Å². The van der Waals surface area contributed by atoms with E-state index in [1.165, 1.54) is 12.1 Å². The second-order valence-corrected chi connectivity index (χ2v) is 4.12. The van der Waals surface area contributed by atoms with Crippen molar-refractivity contribution in [1.29, 1.82) is 0 Å². The zero-order valence-electron chi connectivity index (χ0n) is 9.03. The first kappa shape index (κ1) is 11.4. The van der Waals surface area contributed by atoms with Crippen LogP contribution in [0.5, 0.6) is 5.75 Å². The lowest BCUT2D eigenvalue weighted by Crippen LogP contribution is -2.27. The zero-order chi connectivity index (χ0) is 11.5. The van der Waals surface area contributed by atoms with Crippen LogP contribution in [0.4, 0.5) is 10.5 Å². The molecule has 0 aromatic heterocycles. The van der Waals surface area contributed by atoms with E-state index in [2.05, 4.69) is 5.32 Å². The number of hydrogen-bond donors (Lipinski definition) is 1. The Balaban J connectivity index is 2.64. The monoisotopic (exact) mass is 208 g/mol. The Morgan fingerprint density at radius 2 is 1.87 bits per heavy atom. The number of para-hydroxylation sites is 2. The van der Waals surface area contributed by atoms with Gasteiger partial charge in [-0.1, -0.05) is 12.1 Å². The van der Waals surface area contributed by atoms with Crippen LogP contribution in [0.2, 0.25) is 0 Å². The van der Waals surface area contributed by atoms with Crippen molar-refractivity contribution in [2.24, 2.45) is 0 Å². The number of rotatable bonds is 1. The highest BCUT2D eigenvalue weighted by Crippen LogP contribution is 2.22. The molecule has 0 spiro atoms. The van der Waals surface area contributed by atoms with E-state index >= 15 is 0 Å². The summed E-state index contributed by atoms with van der Waals surface area (Å²) in [5.41, 5.74) is -0.339. The molecule has 4 nitrogen and oxygen atoms in total. The molecule has 4 heteroatoms. The number of nitrogens with one attached hydrogen (secondary N) is 1. The Kier molecular flexibility index (Phi) is 3.19. The molecule has 0 saturated carbocycles. The van der Waals surface area contributed by atoms with Crippen LogP contribution in [0.15, 0.2) is 24.3 Å². The Labute approximate surface area is 88.9 Å². The number of hydrogen-bond acceptors (Lipinski definition) is 2. The van der Waals surface area contributed by atoms with E-state index in [-0.39, 0.29) is 11.4 Å². The van der Waals surface area contributed by atoms with Gasteiger partial charge in [0.1, 0.15) is 5.60 Å². The van der Waals surface area contributed by atoms with Crippen molar-refractivity contribution in [3.05, 3.63) is 24.3 Å². The third kappa shape index (κ3) is 3.89. The molecular formula is C11H14NO3. The lowest BCUT2D eigenvalue weighted by molar-refractivity contribution is 0.0635. The Bertz CT molecular complexity index is 355. The molecule has 0 unspecified atom stereocenters. The predicted octanol–water partition coefficient (Wildman–Crippen LogP) is 3.18. The van der Waals surface area contributed by atoms with Crippen molar-refractivity contribution < 1.29 is 14.6 Å². The van der Waals surface area contributed by atoms with Crippen molar-refractivity contribution in [2.75, 3.05) is 5.32 Å². The van der Waals surface area contributed by atoms with Crippen LogP contribution in [0.1, 0.15) is 20.8 Å². The molecule has 81 valence electrons. The SMILES string of the molecule is CC(C)(C)OC(=O)Nc1ccccc1[O]. The lowest BCUT2D eigenvalue weighted by atomic mass is 10.2. The first-order chi connectivity index (χ1) is 6.88. The number of carbonyl (C=O) groups excluding carboxylic acids is 1. The first-order valence-corrected chi connectivity index (χ1v) is 4.64. The van der Waals surface area contributed by atoms with Gasteiger partial charge in [-0.2, -0.15) is 0 Å². The molecule has 0 aliphatic carbocycles. The van der Waals surface area contributed by atoms with Gasteiger partial charge in [-0.25, -0.2) is 4.79 Å². The molecule has 1 aromatic carbocycles. The van der Waals surface area contributed by atoms with E-state index in [0.29, 0.717) is 0 Å². The molecule has 1 N–H and O–H groups in total. The van der Waals surface area contributed by atoms with E-state index in [9.17, 15) is 9.90 Å². The largest absolute Gasteiger partial charge is 0.444 e. The summed E-state index contributed by atoms with van der Waals surface area (Å²) in [6.07, 6.45) is -0.620. The minimum atomic E-state index is -0.620. The number of anilines is 1. The summed E-state index contributed by atoms with van der Waals surface area (Å²) < 4.78 is 5.01. The average molecular weight is 208 g/mol. The number of amides is 1. The first-order valence-electron chi connectivity index (χ1n) is 4.64. The van der Waals surface area contributed by atoms with Gasteiger partial charge in [-0.15, -0.1) is 0 Å². The van der Waals surface area contributed by atoms with Crippen LogP contribution in [0, 0.1) is 0 Å². The smallest absolute Gasteiger partial charge is 0.412 e. The van der Waals surface area contributed by atoms with Gasteiger partial charge in [0.25, 0.3) is 0 Å². The maximum absolute atomic E-state index is 11.3. The highest BCUT2D eigenvalue weighted by Gasteiger charge is 2.17. The molecule has 0 atom stereocenters. The molecule has 0 aliphatic heterocycles. The Morgan fingerprint density at radius 3 is 2.40 bits per heavy atom. The van der Waals surface area contributed by atoms with E-state index < -0.39 is 11.7 Å². The van der Waals surface area contributed by atoms with Gasteiger partial charge >= 0.3 is 6.09 Å². The van der Waals surface area contributed by atoms with Crippen LogP contribution in [0.3, 0.4) is 0 Å². The highest BCUT2D eigenvalue weighted by atomic mass is 16.6. The van der Waals surface area contributed by atoms with Crippen LogP contribution < -0.4 is 5.32 Å². The van der Waals surface area contributed by atoms with Gasteiger partial charge in [0.2, 0.25) is 5.75 Å².